The van der Waals surface area contributed by atoms with Crippen molar-refractivity contribution in [2.45, 2.75) is 63.4 Å². The minimum atomic E-state index is -1.12. The Hall–Kier alpha value is -2.12. The van der Waals surface area contributed by atoms with Crippen LogP contribution in [0.25, 0.3) is 0 Å². The molecule has 0 radical (unpaired) electrons. The van der Waals surface area contributed by atoms with E-state index in [2.05, 4.69) is 0 Å². The van der Waals surface area contributed by atoms with Gasteiger partial charge in [0.25, 0.3) is 5.79 Å². The second kappa shape index (κ2) is 5.73. The number of hydrogen-bond donors (Lipinski definition) is 0. The SMILES string of the molecule is CC(CC(=O)OC12CC3CC(C(=O)O1)C2C3)C(=O)OC1C2CC3C(=O)OC1C3C2. The van der Waals surface area contributed by atoms with Gasteiger partial charge in [-0.15, -0.1) is 0 Å². The number of carbonyl (C=O) groups is 4. The van der Waals surface area contributed by atoms with E-state index in [1.807, 2.05) is 0 Å². The molecule has 6 aliphatic rings. The smallest absolute Gasteiger partial charge is 0.312 e. The number of hydrogen-bond acceptors (Lipinski definition) is 8. The topological polar surface area (TPSA) is 105 Å². The Bertz CT molecular complexity index is 821. The summed E-state index contributed by atoms with van der Waals surface area (Å²) in [5.74, 6) is -2.83. The quantitative estimate of drug-likeness (QED) is 0.499. The molecule has 10 unspecified atom stereocenters. The molecule has 29 heavy (non-hydrogen) atoms. The summed E-state index contributed by atoms with van der Waals surface area (Å²) in [6.07, 6.45) is 2.93. The van der Waals surface area contributed by atoms with Crippen LogP contribution in [0.15, 0.2) is 0 Å². The van der Waals surface area contributed by atoms with Gasteiger partial charge in [0, 0.05) is 18.3 Å². The van der Waals surface area contributed by atoms with Crippen LogP contribution in [0.1, 0.15) is 45.4 Å². The minimum absolute atomic E-state index is 0.0358. The summed E-state index contributed by atoms with van der Waals surface area (Å²) in [5, 5.41) is 0. The third-order valence-electron chi connectivity index (χ3n) is 8.20. The Labute approximate surface area is 167 Å². The fourth-order valence-corrected chi connectivity index (χ4v) is 6.99. The molecule has 8 heteroatoms. The molecule has 0 aromatic rings. The second-order valence-corrected chi connectivity index (χ2v) is 9.87. The number of rotatable bonds is 5. The largest absolute Gasteiger partial charge is 0.458 e. The molecule has 0 aromatic carbocycles. The van der Waals surface area contributed by atoms with E-state index in [1.54, 1.807) is 6.92 Å². The summed E-state index contributed by atoms with van der Waals surface area (Å²) in [6.45, 7) is 1.63. The van der Waals surface area contributed by atoms with Crippen LogP contribution in [0.3, 0.4) is 0 Å². The molecule has 2 saturated heterocycles. The van der Waals surface area contributed by atoms with Gasteiger partial charge < -0.3 is 18.9 Å². The summed E-state index contributed by atoms with van der Waals surface area (Å²) in [5.41, 5.74) is 0. The van der Waals surface area contributed by atoms with Crippen molar-refractivity contribution in [3.8, 4) is 0 Å². The fraction of sp³-hybridized carbons (Fsp3) is 0.810. The van der Waals surface area contributed by atoms with Crippen LogP contribution in [0, 0.1) is 41.4 Å². The summed E-state index contributed by atoms with van der Waals surface area (Å²) in [6, 6.07) is 0. The molecular weight excluding hydrogens is 380 g/mol. The van der Waals surface area contributed by atoms with Crippen molar-refractivity contribution in [2.24, 2.45) is 41.4 Å². The maximum absolute atomic E-state index is 12.6. The van der Waals surface area contributed by atoms with Crippen LogP contribution < -0.4 is 0 Å². The molecule has 4 bridgehead atoms. The van der Waals surface area contributed by atoms with Crippen molar-refractivity contribution in [1.29, 1.82) is 0 Å². The molecule has 8 nitrogen and oxygen atoms in total. The summed E-state index contributed by atoms with van der Waals surface area (Å²) < 4.78 is 22.2. The van der Waals surface area contributed by atoms with E-state index in [1.165, 1.54) is 0 Å². The Morgan fingerprint density at radius 2 is 1.97 bits per heavy atom. The summed E-state index contributed by atoms with van der Waals surface area (Å²) in [4.78, 5) is 49.0. The Kier molecular flexibility index (Phi) is 3.50. The molecule has 10 atom stereocenters. The van der Waals surface area contributed by atoms with Crippen molar-refractivity contribution in [3.63, 3.8) is 0 Å². The van der Waals surface area contributed by atoms with Gasteiger partial charge in [-0.25, -0.2) is 0 Å². The van der Waals surface area contributed by atoms with Crippen molar-refractivity contribution in [1.82, 2.24) is 0 Å². The third kappa shape index (κ3) is 2.37. The van der Waals surface area contributed by atoms with Crippen molar-refractivity contribution in [3.05, 3.63) is 0 Å². The Morgan fingerprint density at radius 3 is 2.76 bits per heavy atom. The van der Waals surface area contributed by atoms with Gasteiger partial charge in [0.05, 0.1) is 30.1 Å². The van der Waals surface area contributed by atoms with Gasteiger partial charge in [-0.3, -0.25) is 19.2 Å². The highest BCUT2D eigenvalue weighted by Gasteiger charge is 2.68. The lowest BCUT2D eigenvalue weighted by Gasteiger charge is -2.30. The summed E-state index contributed by atoms with van der Waals surface area (Å²) >= 11 is 0. The normalized spacial score (nSPS) is 48.6. The first kappa shape index (κ1) is 17.7. The van der Waals surface area contributed by atoms with E-state index in [9.17, 15) is 19.2 Å². The highest BCUT2D eigenvalue weighted by molar-refractivity contribution is 5.82. The van der Waals surface area contributed by atoms with E-state index >= 15 is 0 Å². The molecular formula is C21H24O8. The van der Waals surface area contributed by atoms with Crippen molar-refractivity contribution in [2.75, 3.05) is 0 Å². The highest BCUT2D eigenvalue weighted by atomic mass is 16.7. The Morgan fingerprint density at radius 1 is 1.14 bits per heavy atom. The molecule has 0 N–H and O–H groups in total. The molecule has 4 saturated carbocycles. The number of fused-ring (bicyclic) bond motifs is 2. The molecule has 0 spiro atoms. The predicted octanol–water partition coefficient (Wildman–Crippen LogP) is 1.35. The monoisotopic (exact) mass is 404 g/mol. The standard InChI is InChI=1S/C21H24O8/c1-8(18(23)26-16-10-5-11-12(6-10)19(24)27-17(11)16)2-15(22)28-21-7-9-3-13(14(21)4-9)20(25)29-21/h8-14,16-17H,2-7H2,1H3. The van der Waals surface area contributed by atoms with E-state index in [4.69, 9.17) is 18.9 Å². The average Bonchev–Trinajstić information content (AvgIpc) is 3.43. The average molecular weight is 404 g/mol. The third-order valence-corrected chi connectivity index (χ3v) is 8.20. The predicted molar refractivity (Wildman–Crippen MR) is 92.5 cm³/mol. The van der Waals surface area contributed by atoms with Crippen molar-refractivity contribution >= 4 is 23.9 Å². The number of esters is 4. The molecule has 156 valence electrons. The van der Waals surface area contributed by atoms with Gasteiger partial charge >= 0.3 is 23.9 Å². The lowest BCUT2D eigenvalue weighted by atomic mass is 9.87. The first-order valence-corrected chi connectivity index (χ1v) is 10.7. The van der Waals surface area contributed by atoms with E-state index in [-0.39, 0.29) is 54.1 Å². The van der Waals surface area contributed by atoms with Crippen LogP contribution in [0.4, 0.5) is 0 Å². The zero-order chi connectivity index (χ0) is 20.1. The first-order valence-electron chi connectivity index (χ1n) is 10.7. The molecule has 4 aliphatic carbocycles. The molecule has 6 fully saturated rings. The molecule has 0 aromatic heterocycles. The first-order chi connectivity index (χ1) is 13.8. The maximum Gasteiger partial charge on any atom is 0.312 e. The van der Waals surface area contributed by atoms with Crippen LogP contribution in [0.2, 0.25) is 0 Å². The minimum Gasteiger partial charge on any atom is -0.458 e. The van der Waals surface area contributed by atoms with Gasteiger partial charge in [-0.05, 0) is 31.6 Å². The zero-order valence-corrected chi connectivity index (χ0v) is 16.2. The molecule has 0 amide bonds. The van der Waals surface area contributed by atoms with E-state index in [0.29, 0.717) is 18.8 Å². The van der Waals surface area contributed by atoms with Crippen LogP contribution in [0.5, 0.6) is 0 Å². The Balaban J connectivity index is 1.06. The highest BCUT2D eigenvalue weighted by Crippen LogP contribution is 2.61. The van der Waals surface area contributed by atoms with Gasteiger partial charge in [-0.1, -0.05) is 6.92 Å². The van der Waals surface area contributed by atoms with Gasteiger partial charge in [-0.2, -0.15) is 0 Å². The molecule has 6 rings (SSSR count). The van der Waals surface area contributed by atoms with Gasteiger partial charge in [0.2, 0.25) is 0 Å². The van der Waals surface area contributed by atoms with Crippen molar-refractivity contribution < 1.29 is 38.1 Å². The summed E-state index contributed by atoms with van der Waals surface area (Å²) in [7, 11) is 0. The van der Waals surface area contributed by atoms with E-state index < -0.39 is 29.7 Å². The maximum atomic E-state index is 12.6. The lowest BCUT2D eigenvalue weighted by molar-refractivity contribution is -0.223. The fourth-order valence-electron chi connectivity index (χ4n) is 6.99. The van der Waals surface area contributed by atoms with Gasteiger partial charge in [0.1, 0.15) is 12.2 Å². The zero-order valence-electron chi connectivity index (χ0n) is 16.2. The van der Waals surface area contributed by atoms with Gasteiger partial charge in [0.15, 0.2) is 0 Å². The van der Waals surface area contributed by atoms with Crippen LogP contribution >= 0.6 is 0 Å². The van der Waals surface area contributed by atoms with Crippen LogP contribution in [-0.4, -0.2) is 41.9 Å². The molecule has 2 aliphatic heterocycles. The number of carbonyl (C=O) groups excluding carboxylic acids is 4. The van der Waals surface area contributed by atoms with E-state index in [0.717, 1.165) is 19.3 Å². The number of ether oxygens (including phenoxy) is 4. The van der Waals surface area contributed by atoms with Crippen LogP contribution in [-0.2, 0) is 38.1 Å². The molecule has 2 heterocycles. The second-order valence-electron chi connectivity index (χ2n) is 9.87. The lowest BCUT2D eigenvalue weighted by Crippen LogP contribution is -2.40.